The fourth-order valence-electron chi connectivity index (χ4n) is 3.30. The minimum Gasteiger partial charge on any atom is -0.493 e. The van der Waals surface area contributed by atoms with Crippen LogP contribution in [0, 0.1) is 0 Å². The van der Waals surface area contributed by atoms with Gasteiger partial charge in [0.1, 0.15) is 5.82 Å². The summed E-state index contributed by atoms with van der Waals surface area (Å²) >= 11 is 3.40. The highest BCUT2D eigenvalue weighted by Gasteiger charge is 2.15. The smallest absolute Gasteiger partial charge is 0.282 e. The van der Waals surface area contributed by atoms with E-state index in [0.717, 1.165) is 10.0 Å². The average molecular weight is 513 g/mol. The van der Waals surface area contributed by atoms with Crippen molar-refractivity contribution in [3.8, 4) is 11.5 Å². The van der Waals surface area contributed by atoms with E-state index in [1.165, 1.54) is 11.8 Å². The monoisotopic (exact) mass is 512 g/mol. The average Bonchev–Trinajstić information content (AvgIpc) is 2.77. The van der Waals surface area contributed by atoms with Gasteiger partial charge >= 0.3 is 0 Å². The Bertz CT molecular complexity index is 1300. The standard InChI is InChI=1S/C24H25BrN4O4/c1-5-6-16-9-15(10-20(32-4)22(16)33-13-21(26)30)12-27-29-23(14(2)3)28-19-8-7-17(25)11-18(19)24(29)31/h5,7-12,14H,1,6,13H2,2-4H3,(H2,26,30). The number of hydrogen-bond acceptors (Lipinski definition) is 6. The number of nitrogens with zero attached hydrogens (tertiary/aromatic N) is 3. The van der Waals surface area contributed by atoms with Gasteiger partial charge in [-0.2, -0.15) is 9.78 Å². The van der Waals surface area contributed by atoms with Crippen molar-refractivity contribution in [3.05, 3.63) is 74.8 Å². The molecule has 0 radical (unpaired) electrons. The molecule has 0 saturated carbocycles. The van der Waals surface area contributed by atoms with E-state index in [0.29, 0.717) is 40.2 Å². The Morgan fingerprint density at radius 1 is 1.33 bits per heavy atom. The zero-order chi connectivity index (χ0) is 24.1. The van der Waals surface area contributed by atoms with Gasteiger partial charge in [-0.25, -0.2) is 4.98 Å². The van der Waals surface area contributed by atoms with Crippen molar-refractivity contribution in [1.82, 2.24) is 9.66 Å². The molecule has 1 heterocycles. The first kappa shape index (κ1) is 24.2. The topological polar surface area (TPSA) is 109 Å². The summed E-state index contributed by atoms with van der Waals surface area (Å²) in [5, 5.41) is 4.93. The largest absolute Gasteiger partial charge is 0.493 e. The Morgan fingerprint density at radius 3 is 2.73 bits per heavy atom. The van der Waals surface area contributed by atoms with Gasteiger partial charge in [0.15, 0.2) is 18.1 Å². The second-order valence-electron chi connectivity index (χ2n) is 7.61. The van der Waals surface area contributed by atoms with Gasteiger partial charge in [0.05, 0.1) is 24.2 Å². The second kappa shape index (κ2) is 10.4. The summed E-state index contributed by atoms with van der Waals surface area (Å²) < 4.78 is 13.1. The summed E-state index contributed by atoms with van der Waals surface area (Å²) in [5.41, 5.74) is 6.98. The van der Waals surface area contributed by atoms with E-state index in [9.17, 15) is 9.59 Å². The molecular weight excluding hydrogens is 488 g/mol. The molecule has 3 aromatic rings. The molecule has 2 N–H and O–H groups in total. The van der Waals surface area contributed by atoms with E-state index < -0.39 is 5.91 Å². The summed E-state index contributed by atoms with van der Waals surface area (Å²) in [5.74, 6) is 0.743. The number of allylic oxidation sites excluding steroid dienone is 1. The number of benzene rings is 2. The van der Waals surface area contributed by atoms with E-state index in [2.05, 4.69) is 32.6 Å². The third kappa shape index (κ3) is 5.48. The van der Waals surface area contributed by atoms with Gasteiger partial charge in [-0.05, 0) is 42.3 Å². The number of hydrogen-bond donors (Lipinski definition) is 1. The SMILES string of the molecule is C=CCc1cc(C=Nn2c(C(C)C)nc3ccc(Br)cc3c2=O)cc(OC)c1OCC(N)=O. The van der Waals surface area contributed by atoms with Crippen molar-refractivity contribution in [1.29, 1.82) is 0 Å². The molecule has 3 rings (SSSR count). The van der Waals surface area contributed by atoms with Crippen molar-refractivity contribution in [2.45, 2.75) is 26.2 Å². The van der Waals surface area contributed by atoms with E-state index in [4.69, 9.17) is 15.2 Å². The first-order chi connectivity index (χ1) is 15.7. The van der Waals surface area contributed by atoms with Crippen LogP contribution in [0.4, 0.5) is 0 Å². The second-order valence-corrected chi connectivity index (χ2v) is 8.52. The van der Waals surface area contributed by atoms with Crippen molar-refractivity contribution in [2.75, 3.05) is 13.7 Å². The molecule has 1 aromatic heterocycles. The number of carbonyl (C=O) groups is 1. The van der Waals surface area contributed by atoms with Gasteiger partial charge in [0.2, 0.25) is 0 Å². The van der Waals surface area contributed by atoms with Crippen LogP contribution >= 0.6 is 15.9 Å². The highest BCUT2D eigenvalue weighted by atomic mass is 79.9. The summed E-state index contributed by atoms with van der Waals surface area (Å²) in [6.07, 6.45) is 3.74. The van der Waals surface area contributed by atoms with Crippen molar-refractivity contribution < 1.29 is 14.3 Å². The van der Waals surface area contributed by atoms with Crippen LogP contribution in [0.1, 0.15) is 36.7 Å². The summed E-state index contributed by atoms with van der Waals surface area (Å²) in [6.45, 7) is 7.40. The van der Waals surface area contributed by atoms with Crippen LogP contribution in [0.15, 0.2) is 57.4 Å². The molecular formula is C24H25BrN4O4. The van der Waals surface area contributed by atoms with Gasteiger partial charge in [-0.3, -0.25) is 9.59 Å². The molecule has 0 aliphatic heterocycles. The maximum Gasteiger partial charge on any atom is 0.282 e. The molecule has 33 heavy (non-hydrogen) atoms. The fraction of sp³-hybridized carbons (Fsp3) is 0.250. The van der Waals surface area contributed by atoms with Crippen molar-refractivity contribution >= 4 is 39.0 Å². The number of amides is 1. The number of aromatic nitrogens is 2. The maximum absolute atomic E-state index is 13.2. The van der Waals surface area contributed by atoms with Crippen LogP contribution in [-0.2, 0) is 11.2 Å². The first-order valence-electron chi connectivity index (χ1n) is 10.2. The maximum atomic E-state index is 13.2. The molecule has 9 heteroatoms. The third-order valence-electron chi connectivity index (χ3n) is 4.77. The molecule has 0 unspecified atom stereocenters. The predicted octanol–water partition coefficient (Wildman–Crippen LogP) is 3.77. The lowest BCUT2D eigenvalue weighted by atomic mass is 10.1. The molecule has 2 aromatic carbocycles. The number of ether oxygens (including phenoxy) is 2. The lowest BCUT2D eigenvalue weighted by Crippen LogP contribution is -2.23. The molecule has 0 aliphatic carbocycles. The van der Waals surface area contributed by atoms with Crippen molar-refractivity contribution in [3.63, 3.8) is 0 Å². The molecule has 0 fully saturated rings. The van der Waals surface area contributed by atoms with E-state index in [-0.39, 0.29) is 18.1 Å². The van der Waals surface area contributed by atoms with Gasteiger partial charge in [0, 0.05) is 16.0 Å². The fourth-order valence-corrected chi connectivity index (χ4v) is 3.66. The normalized spacial score (nSPS) is 11.3. The summed E-state index contributed by atoms with van der Waals surface area (Å²) in [4.78, 5) is 29.0. The van der Waals surface area contributed by atoms with Gasteiger partial charge in [-0.15, -0.1) is 6.58 Å². The minimum absolute atomic E-state index is 0.0293. The lowest BCUT2D eigenvalue weighted by molar-refractivity contribution is -0.119. The Labute approximate surface area is 199 Å². The summed E-state index contributed by atoms with van der Waals surface area (Å²) in [7, 11) is 1.50. The Morgan fingerprint density at radius 2 is 2.09 bits per heavy atom. The Kier molecular flexibility index (Phi) is 7.65. The van der Waals surface area contributed by atoms with Gasteiger partial charge in [-0.1, -0.05) is 35.9 Å². The number of fused-ring (bicyclic) bond motifs is 1. The number of nitrogens with two attached hydrogens (primary N) is 1. The van der Waals surface area contributed by atoms with E-state index in [1.54, 1.807) is 30.5 Å². The molecule has 0 aliphatic rings. The van der Waals surface area contributed by atoms with Crippen LogP contribution in [0.2, 0.25) is 0 Å². The number of halogens is 1. The molecule has 8 nitrogen and oxygen atoms in total. The highest BCUT2D eigenvalue weighted by molar-refractivity contribution is 9.10. The molecule has 0 saturated heterocycles. The van der Waals surface area contributed by atoms with E-state index in [1.807, 2.05) is 26.0 Å². The number of methoxy groups -OCH3 is 1. The number of carbonyl (C=O) groups excluding carboxylic acids is 1. The van der Waals surface area contributed by atoms with Crippen LogP contribution in [-0.4, -0.2) is 35.5 Å². The van der Waals surface area contributed by atoms with E-state index >= 15 is 0 Å². The predicted molar refractivity (Wildman–Crippen MR) is 132 cm³/mol. The van der Waals surface area contributed by atoms with Crippen LogP contribution in [0.3, 0.4) is 0 Å². The quantitative estimate of drug-likeness (QED) is 0.346. The highest BCUT2D eigenvalue weighted by Crippen LogP contribution is 2.33. The molecule has 0 atom stereocenters. The van der Waals surface area contributed by atoms with Crippen LogP contribution in [0.5, 0.6) is 11.5 Å². The van der Waals surface area contributed by atoms with Gasteiger partial charge < -0.3 is 15.2 Å². The third-order valence-corrected chi connectivity index (χ3v) is 5.26. The summed E-state index contributed by atoms with van der Waals surface area (Å²) in [6, 6.07) is 8.92. The zero-order valence-corrected chi connectivity index (χ0v) is 20.3. The van der Waals surface area contributed by atoms with Gasteiger partial charge in [0.25, 0.3) is 11.5 Å². The molecule has 0 bridgehead atoms. The lowest BCUT2D eigenvalue weighted by Gasteiger charge is -2.15. The minimum atomic E-state index is -0.594. The van der Waals surface area contributed by atoms with Crippen molar-refractivity contribution in [2.24, 2.45) is 10.8 Å². The van der Waals surface area contributed by atoms with Crippen LogP contribution in [0.25, 0.3) is 10.9 Å². The molecule has 1 amide bonds. The number of primary amides is 1. The zero-order valence-electron chi connectivity index (χ0n) is 18.7. The molecule has 0 spiro atoms. The Balaban J connectivity index is 2.12. The number of rotatable bonds is 9. The first-order valence-corrected chi connectivity index (χ1v) is 11.0. The Hall–Kier alpha value is -3.46. The molecule has 172 valence electrons. The van der Waals surface area contributed by atoms with Crippen LogP contribution < -0.4 is 20.8 Å².